The fourth-order valence-electron chi connectivity index (χ4n) is 0.777. The normalized spacial score (nSPS) is 15.3. The van der Waals surface area contributed by atoms with Crippen molar-refractivity contribution in [1.29, 1.82) is 0 Å². The van der Waals surface area contributed by atoms with E-state index < -0.39 is 5.60 Å². The lowest BCUT2D eigenvalue weighted by atomic mass is 9.95. The van der Waals surface area contributed by atoms with Crippen LogP contribution in [0, 0.1) is 0 Å². The van der Waals surface area contributed by atoms with Gasteiger partial charge in [0.1, 0.15) is 0 Å². The number of hydrogen-bond acceptors (Lipinski definition) is 2. The average Bonchev–Trinajstić information content (AvgIpc) is 1.80. The molecule has 3 N–H and O–H groups in total. The first-order chi connectivity index (χ1) is 4.48. The van der Waals surface area contributed by atoms with Crippen LogP contribution in [0.1, 0.15) is 40.0 Å². The van der Waals surface area contributed by atoms with Crippen molar-refractivity contribution < 1.29 is 5.11 Å². The van der Waals surface area contributed by atoms with Crippen molar-refractivity contribution in [2.75, 3.05) is 0 Å². The van der Waals surface area contributed by atoms with Gasteiger partial charge < -0.3 is 10.8 Å². The largest absolute Gasteiger partial charge is 0.389 e. The summed E-state index contributed by atoms with van der Waals surface area (Å²) in [7, 11) is 0. The van der Waals surface area contributed by atoms with Crippen LogP contribution in [0.3, 0.4) is 0 Å². The molecular weight excluding hydrogens is 126 g/mol. The van der Waals surface area contributed by atoms with Gasteiger partial charge in [-0.3, -0.25) is 0 Å². The van der Waals surface area contributed by atoms with Crippen LogP contribution in [-0.4, -0.2) is 16.7 Å². The summed E-state index contributed by atoms with van der Waals surface area (Å²) in [4.78, 5) is 0. The van der Waals surface area contributed by atoms with E-state index in [0.29, 0.717) is 0 Å². The molecule has 0 aromatic rings. The van der Waals surface area contributed by atoms with Gasteiger partial charge in [-0.15, -0.1) is 0 Å². The highest BCUT2D eigenvalue weighted by molar-refractivity contribution is 4.79. The van der Waals surface area contributed by atoms with Gasteiger partial charge in [0.2, 0.25) is 0 Å². The van der Waals surface area contributed by atoms with Gasteiger partial charge in [-0.2, -0.15) is 0 Å². The van der Waals surface area contributed by atoms with Gasteiger partial charge in [-0.1, -0.05) is 19.8 Å². The van der Waals surface area contributed by atoms with E-state index in [1.807, 2.05) is 0 Å². The van der Waals surface area contributed by atoms with Crippen molar-refractivity contribution in [3.63, 3.8) is 0 Å². The molecule has 0 saturated carbocycles. The number of hydrogen-bond donors (Lipinski definition) is 2. The highest BCUT2D eigenvalue weighted by Crippen LogP contribution is 2.11. The van der Waals surface area contributed by atoms with Crippen LogP contribution >= 0.6 is 0 Å². The molecule has 0 rings (SSSR count). The third kappa shape index (κ3) is 3.85. The van der Waals surface area contributed by atoms with E-state index in [2.05, 4.69) is 6.92 Å². The molecule has 0 saturated heterocycles. The topological polar surface area (TPSA) is 46.2 Å². The molecule has 0 aromatic heterocycles. The minimum Gasteiger partial charge on any atom is -0.389 e. The molecule has 0 spiro atoms. The number of aliphatic hydroxyl groups is 1. The van der Waals surface area contributed by atoms with Crippen molar-refractivity contribution in [2.24, 2.45) is 5.73 Å². The molecule has 2 nitrogen and oxygen atoms in total. The fraction of sp³-hybridized carbons (Fsp3) is 1.00. The summed E-state index contributed by atoms with van der Waals surface area (Å²) in [6, 6.07) is -0.0764. The van der Waals surface area contributed by atoms with Gasteiger partial charge in [0.25, 0.3) is 0 Å². The van der Waals surface area contributed by atoms with Gasteiger partial charge in [-0.05, 0) is 20.3 Å². The van der Waals surface area contributed by atoms with E-state index in [4.69, 9.17) is 5.73 Å². The Labute approximate surface area is 63.4 Å². The SMILES string of the molecule is CCCC[C@H](N)C(C)(C)O. The van der Waals surface area contributed by atoms with Crippen LogP contribution in [0.5, 0.6) is 0 Å². The van der Waals surface area contributed by atoms with Crippen molar-refractivity contribution in [3.05, 3.63) is 0 Å². The number of rotatable bonds is 4. The molecule has 0 aliphatic rings. The lowest BCUT2D eigenvalue weighted by Crippen LogP contribution is -2.42. The predicted molar refractivity (Wildman–Crippen MR) is 43.8 cm³/mol. The first-order valence-corrected chi connectivity index (χ1v) is 3.96. The Hall–Kier alpha value is -0.0800. The van der Waals surface area contributed by atoms with Gasteiger partial charge in [0.05, 0.1) is 5.60 Å². The quantitative estimate of drug-likeness (QED) is 0.626. The highest BCUT2D eigenvalue weighted by Gasteiger charge is 2.21. The van der Waals surface area contributed by atoms with Crippen molar-refractivity contribution in [3.8, 4) is 0 Å². The summed E-state index contributed by atoms with van der Waals surface area (Å²) < 4.78 is 0. The summed E-state index contributed by atoms with van der Waals surface area (Å²) >= 11 is 0. The Morgan fingerprint density at radius 1 is 1.50 bits per heavy atom. The Morgan fingerprint density at radius 2 is 2.00 bits per heavy atom. The third-order valence-corrected chi connectivity index (χ3v) is 1.78. The van der Waals surface area contributed by atoms with Gasteiger partial charge >= 0.3 is 0 Å². The van der Waals surface area contributed by atoms with Crippen LogP contribution in [0.2, 0.25) is 0 Å². The molecular formula is C8H19NO. The molecule has 0 aromatic carbocycles. The van der Waals surface area contributed by atoms with E-state index in [0.717, 1.165) is 19.3 Å². The van der Waals surface area contributed by atoms with E-state index in [9.17, 15) is 5.11 Å². The van der Waals surface area contributed by atoms with Crippen LogP contribution in [0.4, 0.5) is 0 Å². The molecule has 0 radical (unpaired) electrons. The van der Waals surface area contributed by atoms with Crippen LogP contribution in [0.25, 0.3) is 0 Å². The Bertz CT molecular complexity index is 85.7. The zero-order chi connectivity index (χ0) is 8.20. The van der Waals surface area contributed by atoms with Crippen molar-refractivity contribution in [1.82, 2.24) is 0 Å². The molecule has 62 valence electrons. The monoisotopic (exact) mass is 145 g/mol. The molecule has 0 fully saturated rings. The van der Waals surface area contributed by atoms with E-state index in [-0.39, 0.29) is 6.04 Å². The average molecular weight is 145 g/mol. The molecule has 10 heavy (non-hydrogen) atoms. The summed E-state index contributed by atoms with van der Waals surface area (Å²) in [5.41, 5.74) is 4.97. The lowest BCUT2D eigenvalue weighted by Gasteiger charge is -2.25. The maximum atomic E-state index is 9.39. The van der Waals surface area contributed by atoms with Crippen molar-refractivity contribution in [2.45, 2.75) is 51.7 Å². The number of unbranched alkanes of at least 4 members (excludes halogenated alkanes) is 1. The second kappa shape index (κ2) is 3.94. The zero-order valence-corrected chi connectivity index (χ0v) is 7.22. The van der Waals surface area contributed by atoms with Gasteiger partial charge in [0.15, 0.2) is 0 Å². The Balaban J connectivity index is 3.52. The maximum absolute atomic E-state index is 9.39. The van der Waals surface area contributed by atoms with Crippen LogP contribution in [0.15, 0.2) is 0 Å². The highest BCUT2D eigenvalue weighted by atomic mass is 16.3. The third-order valence-electron chi connectivity index (χ3n) is 1.78. The summed E-state index contributed by atoms with van der Waals surface area (Å²) in [6.45, 7) is 5.64. The summed E-state index contributed by atoms with van der Waals surface area (Å²) in [6.07, 6.45) is 3.16. The van der Waals surface area contributed by atoms with E-state index >= 15 is 0 Å². The van der Waals surface area contributed by atoms with Crippen LogP contribution in [-0.2, 0) is 0 Å². The lowest BCUT2D eigenvalue weighted by molar-refractivity contribution is 0.0484. The Morgan fingerprint density at radius 3 is 2.30 bits per heavy atom. The fourth-order valence-corrected chi connectivity index (χ4v) is 0.777. The van der Waals surface area contributed by atoms with E-state index in [1.165, 1.54) is 0 Å². The smallest absolute Gasteiger partial charge is 0.0741 e. The molecule has 0 heterocycles. The molecule has 0 aliphatic heterocycles. The summed E-state index contributed by atoms with van der Waals surface area (Å²) in [5.74, 6) is 0. The number of nitrogens with two attached hydrogens (primary N) is 1. The molecule has 0 bridgehead atoms. The molecule has 0 aliphatic carbocycles. The molecule has 1 atom stereocenters. The van der Waals surface area contributed by atoms with Crippen LogP contribution < -0.4 is 5.73 Å². The van der Waals surface area contributed by atoms with Crippen molar-refractivity contribution >= 4 is 0 Å². The summed E-state index contributed by atoms with van der Waals surface area (Å²) in [5, 5.41) is 9.39. The first-order valence-electron chi connectivity index (χ1n) is 3.96. The minimum absolute atomic E-state index is 0.0764. The molecule has 0 amide bonds. The molecule has 2 heteroatoms. The zero-order valence-electron chi connectivity index (χ0n) is 7.22. The second-order valence-electron chi connectivity index (χ2n) is 3.40. The van der Waals surface area contributed by atoms with Gasteiger partial charge in [0, 0.05) is 6.04 Å². The Kier molecular flexibility index (Phi) is 3.91. The van der Waals surface area contributed by atoms with E-state index in [1.54, 1.807) is 13.8 Å². The first kappa shape index (κ1) is 9.92. The maximum Gasteiger partial charge on any atom is 0.0741 e. The second-order valence-corrected chi connectivity index (χ2v) is 3.40. The molecule has 0 unspecified atom stereocenters. The minimum atomic E-state index is -0.713. The standard InChI is InChI=1S/C8H19NO/c1-4-5-6-7(9)8(2,3)10/h7,10H,4-6,9H2,1-3H3/t7-/m0/s1. The predicted octanol–water partition coefficient (Wildman–Crippen LogP) is 1.27. The van der Waals surface area contributed by atoms with Gasteiger partial charge in [-0.25, -0.2) is 0 Å².